The van der Waals surface area contributed by atoms with Gasteiger partial charge in [0.15, 0.2) is 0 Å². The van der Waals surface area contributed by atoms with Crippen molar-refractivity contribution in [2.75, 3.05) is 6.61 Å². The molecule has 112 valence electrons. The van der Waals surface area contributed by atoms with Crippen molar-refractivity contribution in [2.24, 2.45) is 15.4 Å². The van der Waals surface area contributed by atoms with Crippen LogP contribution in [0.1, 0.15) is 19.4 Å². The topological polar surface area (TPSA) is 83.6 Å². The maximum atomic E-state index is 11.5. The van der Waals surface area contributed by atoms with E-state index in [2.05, 4.69) is 15.4 Å². The highest BCUT2D eigenvalue weighted by atomic mass is 35.5. The second-order valence-electron chi connectivity index (χ2n) is 3.76. The quantitative estimate of drug-likeness (QED) is 0.389. The zero-order valence-corrected chi connectivity index (χ0v) is 12.9. The van der Waals surface area contributed by atoms with E-state index >= 15 is 0 Å². The molecule has 0 saturated heterocycles. The zero-order chi connectivity index (χ0) is 15.8. The highest BCUT2D eigenvalue weighted by molar-refractivity contribution is 6.65. The number of halogens is 2. The van der Waals surface area contributed by atoms with Gasteiger partial charge in [0, 0.05) is 10.6 Å². The molecule has 1 aromatic carbocycles. The first kappa shape index (κ1) is 17.1. The van der Waals surface area contributed by atoms with Crippen LogP contribution in [0.4, 0.5) is 0 Å². The van der Waals surface area contributed by atoms with E-state index in [1.54, 1.807) is 25.1 Å². The van der Waals surface area contributed by atoms with Gasteiger partial charge in [0.2, 0.25) is 5.71 Å². The van der Waals surface area contributed by atoms with Crippen LogP contribution >= 0.6 is 23.2 Å². The zero-order valence-electron chi connectivity index (χ0n) is 11.4. The molecule has 0 amide bonds. The fourth-order valence-electron chi connectivity index (χ4n) is 1.29. The lowest BCUT2D eigenvalue weighted by Gasteiger charge is -2.01. The smallest absolute Gasteiger partial charge is 0.362 e. The van der Waals surface area contributed by atoms with Crippen LogP contribution in [0.5, 0.6) is 0 Å². The maximum Gasteiger partial charge on any atom is 0.362 e. The normalized spacial score (nSPS) is 12.8. The van der Waals surface area contributed by atoms with Gasteiger partial charge >= 0.3 is 5.97 Å². The van der Waals surface area contributed by atoms with Gasteiger partial charge in [-0.05, 0) is 26.0 Å². The molecule has 0 spiro atoms. The number of ether oxygens (including phenoxy) is 1. The van der Waals surface area contributed by atoms with E-state index in [4.69, 9.17) is 33.1 Å². The highest BCUT2D eigenvalue weighted by Crippen LogP contribution is 2.19. The Kier molecular flexibility index (Phi) is 6.84. The van der Waals surface area contributed by atoms with Crippen molar-refractivity contribution in [1.82, 2.24) is 0 Å². The van der Waals surface area contributed by atoms with Gasteiger partial charge in [-0.2, -0.15) is 10.2 Å². The number of oxime groups is 1. The number of carbonyl (C=O) groups excluding carboxylic acids is 1. The van der Waals surface area contributed by atoms with E-state index in [0.29, 0.717) is 15.6 Å². The van der Waals surface area contributed by atoms with Crippen molar-refractivity contribution < 1.29 is 14.7 Å². The molecule has 1 N–H and O–H groups in total. The largest absolute Gasteiger partial charge is 0.461 e. The minimum Gasteiger partial charge on any atom is -0.461 e. The molecule has 0 radical (unpaired) electrons. The summed E-state index contributed by atoms with van der Waals surface area (Å²) in [5.74, 6) is -0.777. The van der Waals surface area contributed by atoms with Crippen LogP contribution < -0.4 is 0 Å². The van der Waals surface area contributed by atoms with Crippen LogP contribution in [0, 0.1) is 0 Å². The second kappa shape index (κ2) is 8.39. The Bertz CT molecular complexity index is 613. The summed E-state index contributed by atoms with van der Waals surface area (Å²) < 4.78 is 4.71. The fourth-order valence-corrected chi connectivity index (χ4v) is 1.75. The SMILES string of the molecule is CCOC(=O)C(=N\O)/C(C)=N/N=C/c1ccc(Cl)cc1Cl. The second-order valence-corrected chi connectivity index (χ2v) is 4.61. The first-order valence-electron chi connectivity index (χ1n) is 5.91. The number of carbonyl (C=O) groups is 1. The molecule has 0 aliphatic carbocycles. The summed E-state index contributed by atoms with van der Waals surface area (Å²) in [5.41, 5.74) is 0.407. The van der Waals surface area contributed by atoms with Crippen LogP contribution in [0.3, 0.4) is 0 Å². The van der Waals surface area contributed by atoms with E-state index in [1.165, 1.54) is 13.1 Å². The number of esters is 1. The van der Waals surface area contributed by atoms with Gasteiger partial charge in [-0.25, -0.2) is 4.79 Å². The first-order valence-corrected chi connectivity index (χ1v) is 6.67. The fraction of sp³-hybridized carbons (Fsp3) is 0.231. The lowest BCUT2D eigenvalue weighted by molar-refractivity contribution is -0.134. The average Bonchev–Trinajstić information content (AvgIpc) is 2.42. The monoisotopic (exact) mass is 329 g/mol. The maximum absolute atomic E-state index is 11.5. The van der Waals surface area contributed by atoms with Crippen molar-refractivity contribution in [3.8, 4) is 0 Å². The lowest BCUT2D eigenvalue weighted by atomic mass is 10.2. The average molecular weight is 330 g/mol. The van der Waals surface area contributed by atoms with E-state index in [1.807, 2.05) is 0 Å². The Morgan fingerprint density at radius 3 is 2.71 bits per heavy atom. The highest BCUT2D eigenvalue weighted by Gasteiger charge is 2.16. The van der Waals surface area contributed by atoms with Gasteiger partial charge in [-0.15, -0.1) is 0 Å². The predicted molar refractivity (Wildman–Crippen MR) is 83.0 cm³/mol. The molecule has 0 aromatic heterocycles. The Balaban J connectivity index is 2.87. The summed E-state index contributed by atoms with van der Waals surface area (Å²) in [6, 6.07) is 4.90. The molecule has 0 heterocycles. The van der Waals surface area contributed by atoms with E-state index in [0.717, 1.165) is 0 Å². The summed E-state index contributed by atoms with van der Waals surface area (Å²) >= 11 is 11.7. The molecule has 0 atom stereocenters. The van der Waals surface area contributed by atoms with Gasteiger partial charge in [0.25, 0.3) is 0 Å². The van der Waals surface area contributed by atoms with Crippen LogP contribution in [-0.2, 0) is 9.53 Å². The minimum absolute atomic E-state index is 0.109. The minimum atomic E-state index is -0.777. The summed E-state index contributed by atoms with van der Waals surface area (Å²) in [6.07, 6.45) is 1.39. The predicted octanol–water partition coefficient (Wildman–Crippen LogP) is 3.18. The summed E-state index contributed by atoms with van der Waals surface area (Å²) in [4.78, 5) is 11.5. The number of rotatable bonds is 5. The van der Waals surface area contributed by atoms with Crippen molar-refractivity contribution >= 4 is 46.8 Å². The summed E-state index contributed by atoms with van der Waals surface area (Å²) in [6.45, 7) is 3.27. The molecule has 0 unspecified atom stereocenters. The van der Waals surface area contributed by atoms with Crippen molar-refractivity contribution in [3.05, 3.63) is 33.8 Å². The Morgan fingerprint density at radius 1 is 1.43 bits per heavy atom. The lowest BCUT2D eigenvalue weighted by Crippen LogP contribution is -2.24. The molecule has 21 heavy (non-hydrogen) atoms. The summed E-state index contributed by atoms with van der Waals surface area (Å²) in [7, 11) is 0. The molecule has 0 aliphatic rings. The van der Waals surface area contributed by atoms with Gasteiger partial charge in [0.05, 0.1) is 23.6 Å². The van der Waals surface area contributed by atoms with E-state index < -0.39 is 5.97 Å². The molecule has 0 bridgehead atoms. The number of hydrogen-bond acceptors (Lipinski definition) is 6. The van der Waals surface area contributed by atoms with Crippen molar-refractivity contribution in [2.45, 2.75) is 13.8 Å². The van der Waals surface area contributed by atoms with Crippen LogP contribution in [0.25, 0.3) is 0 Å². The Labute approximate surface area is 131 Å². The number of hydrogen-bond donors (Lipinski definition) is 1. The van der Waals surface area contributed by atoms with Gasteiger partial charge in [-0.1, -0.05) is 34.4 Å². The molecular weight excluding hydrogens is 317 g/mol. The third kappa shape index (κ3) is 5.17. The van der Waals surface area contributed by atoms with Gasteiger partial charge in [-0.3, -0.25) is 0 Å². The number of benzene rings is 1. The molecule has 0 saturated carbocycles. The molecule has 8 heteroatoms. The molecule has 6 nitrogen and oxygen atoms in total. The first-order chi connectivity index (χ1) is 9.99. The van der Waals surface area contributed by atoms with E-state index in [-0.39, 0.29) is 18.0 Å². The van der Waals surface area contributed by atoms with Crippen LogP contribution in [0.2, 0.25) is 10.0 Å². The van der Waals surface area contributed by atoms with Crippen molar-refractivity contribution in [3.63, 3.8) is 0 Å². The third-order valence-corrected chi connectivity index (χ3v) is 2.84. The van der Waals surface area contributed by atoms with Crippen LogP contribution in [0.15, 0.2) is 33.6 Å². The standard InChI is InChI=1S/C13H13Cl2N3O3/c1-3-21-13(19)12(18-20)8(2)17-16-7-9-4-5-10(14)6-11(9)15/h4-7,20H,3H2,1-2H3/b16-7+,17-8+,18-12-. The number of nitrogens with zero attached hydrogens (tertiary/aromatic N) is 3. The molecule has 0 aliphatic heterocycles. The van der Waals surface area contributed by atoms with Gasteiger partial charge < -0.3 is 9.94 Å². The third-order valence-electron chi connectivity index (χ3n) is 2.28. The van der Waals surface area contributed by atoms with E-state index in [9.17, 15) is 4.79 Å². The molecule has 0 fully saturated rings. The molecule has 1 aromatic rings. The van der Waals surface area contributed by atoms with Crippen LogP contribution in [-0.4, -0.2) is 35.4 Å². The summed E-state index contributed by atoms with van der Waals surface area (Å²) in [5, 5.41) is 20.1. The molecular formula is C13H13Cl2N3O3. The Morgan fingerprint density at radius 2 is 2.14 bits per heavy atom. The van der Waals surface area contributed by atoms with Gasteiger partial charge in [0.1, 0.15) is 0 Å². The Hall–Kier alpha value is -1.92. The molecule has 1 rings (SSSR count). The van der Waals surface area contributed by atoms with Crippen molar-refractivity contribution in [1.29, 1.82) is 0 Å².